The summed E-state index contributed by atoms with van der Waals surface area (Å²) >= 11 is 0. The lowest BCUT2D eigenvalue weighted by molar-refractivity contribution is 1.14. The number of aromatic nitrogens is 4. The highest BCUT2D eigenvalue weighted by atomic mass is 14.8. The number of nitrogens with one attached hydrogen (secondary N) is 2. The van der Waals surface area contributed by atoms with Gasteiger partial charge in [0.15, 0.2) is 0 Å². The smallest absolute Gasteiger partial charge is 0.0769 e. The Morgan fingerprint density at radius 2 is 0.880 bits per heavy atom. The van der Waals surface area contributed by atoms with Crippen LogP contribution in [0, 0.1) is 13.8 Å². The summed E-state index contributed by atoms with van der Waals surface area (Å²) < 4.78 is 0. The van der Waals surface area contributed by atoms with E-state index in [9.17, 15) is 0 Å². The summed E-state index contributed by atoms with van der Waals surface area (Å²) in [5.74, 6) is 0. The second-order valence-corrected chi connectivity index (χ2v) is 13.6. The average molecular weight is 661 g/mol. The highest BCUT2D eigenvalue weighted by molar-refractivity contribution is 6.03. The van der Waals surface area contributed by atoms with E-state index in [1.807, 2.05) is 24.3 Å². The number of hydrogen-bond donors (Lipinski definition) is 4. The fourth-order valence-corrected chi connectivity index (χ4v) is 8.17. The van der Waals surface area contributed by atoms with Gasteiger partial charge in [0.1, 0.15) is 0 Å². The number of nitrogen functional groups attached to an aromatic ring is 2. The van der Waals surface area contributed by atoms with E-state index in [0.29, 0.717) is 0 Å². The van der Waals surface area contributed by atoms with Crippen molar-refractivity contribution in [3.8, 4) is 22.3 Å². The molecule has 0 atom stereocenters. The molecule has 5 aromatic rings. The SMILES string of the molecule is CCC1=C(C)c2nc1cc1[nH]c(c(C)c1CC)c(-c1ccc(N)cc1)c1nc(cc3[nH]c(c(C)c3CC)c2-c2ccc(N)cc2)C(CC)=C1C. The second-order valence-electron chi connectivity index (χ2n) is 13.6. The third kappa shape index (κ3) is 5.25. The molecule has 0 radical (unpaired) electrons. The van der Waals surface area contributed by atoms with Gasteiger partial charge < -0.3 is 21.4 Å². The van der Waals surface area contributed by atoms with E-state index in [4.69, 9.17) is 21.4 Å². The molecule has 2 aromatic carbocycles. The van der Waals surface area contributed by atoms with Gasteiger partial charge in [0, 0.05) is 33.5 Å². The van der Waals surface area contributed by atoms with Crippen molar-refractivity contribution in [2.75, 3.05) is 11.5 Å². The molecule has 0 saturated heterocycles. The van der Waals surface area contributed by atoms with E-state index in [-0.39, 0.29) is 0 Å². The number of hydrogen-bond acceptors (Lipinski definition) is 4. The van der Waals surface area contributed by atoms with Crippen molar-refractivity contribution in [3.05, 3.63) is 106 Å². The van der Waals surface area contributed by atoms with Gasteiger partial charge in [-0.05, 0) is 145 Å². The Kier molecular flexibility index (Phi) is 8.51. The Labute approximate surface area is 295 Å². The van der Waals surface area contributed by atoms with Crippen molar-refractivity contribution < 1.29 is 0 Å². The van der Waals surface area contributed by atoms with Gasteiger partial charge in [-0.25, -0.2) is 9.97 Å². The third-order valence-electron chi connectivity index (χ3n) is 10.9. The molecule has 3 aromatic heterocycles. The molecule has 0 unspecified atom stereocenters. The number of aryl methyl sites for hydroxylation is 4. The maximum atomic E-state index is 6.20. The van der Waals surface area contributed by atoms with Crippen LogP contribution < -0.4 is 11.5 Å². The molecule has 6 N–H and O–H groups in total. The molecular weight excluding hydrogens is 613 g/mol. The molecule has 7 rings (SSSR count). The Balaban J connectivity index is 1.77. The molecule has 2 aliphatic rings. The highest BCUT2D eigenvalue weighted by Crippen LogP contribution is 2.43. The van der Waals surface area contributed by atoms with Crippen molar-refractivity contribution in [1.82, 2.24) is 19.9 Å². The molecule has 0 fully saturated rings. The van der Waals surface area contributed by atoms with Crippen LogP contribution in [0.5, 0.6) is 0 Å². The summed E-state index contributed by atoms with van der Waals surface area (Å²) in [7, 11) is 0. The molecule has 50 heavy (non-hydrogen) atoms. The van der Waals surface area contributed by atoms with Crippen molar-refractivity contribution in [1.29, 1.82) is 0 Å². The first-order chi connectivity index (χ1) is 24.1. The lowest BCUT2D eigenvalue weighted by atomic mass is 9.95. The minimum absolute atomic E-state index is 0.741. The lowest BCUT2D eigenvalue weighted by Gasteiger charge is -2.09. The van der Waals surface area contributed by atoms with Gasteiger partial charge in [0.25, 0.3) is 0 Å². The Morgan fingerprint density at radius 1 is 0.520 bits per heavy atom. The van der Waals surface area contributed by atoms with E-state index >= 15 is 0 Å². The summed E-state index contributed by atoms with van der Waals surface area (Å²) in [6, 6.07) is 21.0. The third-order valence-corrected chi connectivity index (χ3v) is 10.9. The van der Waals surface area contributed by atoms with Gasteiger partial charge in [0.05, 0.1) is 33.8 Å². The maximum absolute atomic E-state index is 6.20. The first-order valence-corrected chi connectivity index (χ1v) is 18.0. The van der Waals surface area contributed by atoms with Crippen LogP contribution >= 0.6 is 0 Å². The van der Waals surface area contributed by atoms with Crippen molar-refractivity contribution >= 4 is 55.7 Å². The molecule has 0 saturated carbocycles. The number of fused-ring (bicyclic) bond motifs is 8. The molecule has 0 aliphatic carbocycles. The topological polar surface area (TPSA) is 109 Å². The second kappa shape index (κ2) is 12.8. The summed E-state index contributed by atoms with van der Waals surface area (Å²) in [6.07, 6.45) is 3.52. The minimum Gasteiger partial charge on any atom is -0.399 e. The fraction of sp³-hybridized carbons (Fsp3) is 0.273. The zero-order valence-electron chi connectivity index (χ0n) is 30.7. The first-order valence-electron chi connectivity index (χ1n) is 18.0. The number of aromatic amines is 2. The summed E-state index contributed by atoms with van der Waals surface area (Å²) in [5.41, 5.74) is 36.5. The first kappa shape index (κ1) is 33.2. The van der Waals surface area contributed by atoms with E-state index in [0.717, 1.165) is 104 Å². The number of nitrogens with two attached hydrogens (primary N) is 2. The lowest BCUT2D eigenvalue weighted by Crippen LogP contribution is -1.91. The molecule has 254 valence electrons. The van der Waals surface area contributed by atoms with Crippen LogP contribution in [0.15, 0.2) is 60.7 Å². The zero-order chi connectivity index (χ0) is 35.4. The molecule has 2 aliphatic heterocycles. The number of nitrogens with zero attached hydrogens (tertiary/aromatic N) is 2. The Hall–Kier alpha value is -5.36. The van der Waals surface area contributed by atoms with Crippen LogP contribution in [0.3, 0.4) is 0 Å². The number of rotatable bonds is 6. The molecular formula is C44H48N6. The molecule has 8 bridgehead atoms. The molecule has 0 spiro atoms. The number of benzene rings is 2. The van der Waals surface area contributed by atoms with E-state index in [1.54, 1.807) is 0 Å². The van der Waals surface area contributed by atoms with Crippen LogP contribution in [-0.2, 0) is 12.8 Å². The Bertz CT molecular complexity index is 2230. The van der Waals surface area contributed by atoms with Crippen LogP contribution in [-0.4, -0.2) is 19.9 Å². The summed E-state index contributed by atoms with van der Waals surface area (Å²) in [6.45, 7) is 17.8. The highest BCUT2D eigenvalue weighted by Gasteiger charge is 2.25. The van der Waals surface area contributed by atoms with Crippen LogP contribution in [0.25, 0.3) is 66.6 Å². The monoisotopic (exact) mass is 660 g/mol. The molecule has 6 nitrogen and oxygen atoms in total. The van der Waals surface area contributed by atoms with E-state index in [2.05, 4.69) is 102 Å². The summed E-state index contributed by atoms with van der Waals surface area (Å²) in [4.78, 5) is 18.8. The standard InChI is InChI=1S/C44H48N6/c1-9-31-23(5)41-39(27-13-17-29(45)18-14-27)42-25(7)33(11-3)37(49-42)22-38-34(12-4)26(8)44(50-38)40(28-15-19-30(46)20-16-28)43-24(6)32(10-2)36(48-43)21-35(31)47-41/h13-22,47,50H,9-12,45-46H2,1-8H3. The number of H-pyrrole nitrogens is 2. The van der Waals surface area contributed by atoms with Gasteiger partial charge in [-0.15, -0.1) is 0 Å². The van der Waals surface area contributed by atoms with Crippen molar-refractivity contribution in [2.24, 2.45) is 0 Å². The minimum atomic E-state index is 0.741. The molecule has 0 amide bonds. The van der Waals surface area contributed by atoms with Crippen molar-refractivity contribution in [3.63, 3.8) is 0 Å². The molecule has 5 heterocycles. The van der Waals surface area contributed by atoms with Gasteiger partial charge in [-0.2, -0.15) is 0 Å². The van der Waals surface area contributed by atoms with Crippen molar-refractivity contribution in [2.45, 2.75) is 81.1 Å². The van der Waals surface area contributed by atoms with E-state index in [1.165, 1.54) is 44.5 Å². The quantitative estimate of drug-likeness (QED) is 0.136. The largest absolute Gasteiger partial charge is 0.399 e. The summed E-state index contributed by atoms with van der Waals surface area (Å²) in [5, 5.41) is 0. The van der Waals surface area contributed by atoms with Gasteiger partial charge in [-0.1, -0.05) is 52.0 Å². The number of allylic oxidation sites excluding steroid dienone is 4. The maximum Gasteiger partial charge on any atom is 0.0769 e. The van der Waals surface area contributed by atoms with Gasteiger partial charge in [-0.3, -0.25) is 0 Å². The zero-order valence-corrected chi connectivity index (χ0v) is 30.7. The van der Waals surface area contributed by atoms with Gasteiger partial charge >= 0.3 is 0 Å². The van der Waals surface area contributed by atoms with Crippen LogP contribution in [0.2, 0.25) is 0 Å². The van der Waals surface area contributed by atoms with Gasteiger partial charge in [0.2, 0.25) is 0 Å². The normalized spacial score (nSPS) is 13.1. The Morgan fingerprint density at radius 3 is 1.20 bits per heavy atom. The predicted octanol–water partition coefficient (Wildman–Crippen LogP) is 11.2. The van der Waals surface area contributed by atoms with Crippen LogP contribution in [0.4, 0.5) is 11.4 Å². The van der Waals surface area contributed by atoms with Crippen LogP contribution in [0.1, 0.15) is 99.4 Å². The molecule has 6 heteroatoms. The van der Waals surface area contributed by atoms with E-state index < -0.39 is 0 Å². The predicted molar refractivity (Wildman–Crippen MR) is 214 cm³/mol. The number of anilines is 2. The average Bonchev–Trinajstić information content (AvgIpc) is 3.79. The fourth-order valence-electron chi connectivity index (χ4n) is 8.17.